The van der Waals surface area contributed by atoms with Crippen LogP contribution in [0.5, 0.6) is 0 Å². The molecule has 0 aromatic carbocycles. The zero-order chi connectivity index (χ0) is 8.69. The molecule has 1 heteroatoms. The molecule has 0 aliphatic rings. The number of nitrogens with one attached hydrogen (secondary N) is 1. The van der Waals surface area contributed by atoms with Gasteiger partial charge in [0, 0.05) is 0 Å². The van der Waals surface area contributed by atoms with Crippen molar-refractivity contribution in [3.63, 3.8) is 0 Å². The molecule has 1 nitrogen and oxygen atoms in total. The van der Waals surface area contributed by atoms with E-state index in [1.54, 1.807) is 0 Å². The van der Waals surface area contributed by atoms with Crippen molar-refractivity contribution in [2.45, 2.75) is 40.0 Å². The molecule has 0 saturated carbocycles. The molecule has 2 atom stereocenters. The van der Waals surface area contributed by atoms with Crippen molar-refractivity contribution in [2.24, 2.45) is 11.8 Å². The smallest absolute Gasteiger partial charge is 0.00492 e. The fourth-order valence-electron chi connectivity index (χ4n) is 1.55. The molecule has 0 aromatic rings. The van der Waals surface area contributed by atoms with Gasteiger partial charge >= 0.3 is 0 Å². The Hall–Kier alpha value is -0.0400. The molecule has 0 heterocycles. The van der Waals surface area contributed by atoms with Gasteiger partial charge in [-0.1, -0.05) is 33.6 Å². The van der Waals surface area contributed by atoms with E-state index in [-0.39, 0.29) is 0 Å². The molecule has 1 N–H and O–H groups in total. The van der Waals surface area contributed by atoms with Crippen molar-refractivity contribution >= 4 is 0 Å². The lowest BCUT2D eigenvalue weighted by Gasteiger charge is -2.20. The third-order valence-electron chi connectivity index (χ3n) is 2.74. The fourth-order valence-corrected chi connectivity index (χ4v) is 1.55. The molecule has 68 valence electrons. The molecule has 0 aromatic heterocycles. The van der Waals surface area contributed by atoms with Gasteiger partial charge in [-0.15, -0.1) is 0 Å². The number of hydrogen-bond acceptors (Lipinski definition) is 1. The summed E-state index contributed by atoms with van der Waals surface area (Å²) in [5.74, 6) is 1.82. The molecule has 0 saturated heterocycles. The molecule has 2 unspecified atom stereocenters. The minimum absolute atomic E-state index is 0.897. The average molecular weight is 157 g/mol. The van der Waals surface area contributed by atoms with E-state index in [0.29, 0.717) is 0 Å². The van der Waals surface area contributed by atoms with Crippen LogP contribution in [0.25, 0.3) is 0 Å². The highest BCUT2D eigenvalue weighted by molar-refractivity contribution is 4.64. The Morgan fingerprint density at radius 1 is 1.18 bits per heavy atom. The fraction of sp³-hybridized carbons (Fsp3) is 1.00. The van der Waals surface area contributed by atoms with E-state index in [9.17, 15) is 0 Å². The second-order valence-corrected chi connectivity index (χ2v) is 3.45. The van der Waals surface area contributed by atoms with Crippen LogP contribution >= 0.6 is 0 Å². The predicted molar refractivity (Wildman–Crippen MR) is 51.8 cm³/mol. The molecule has 0 rings (SSSR count). The van der Waals surface area contributed by atoms with Crippen molar-refractivity contribution in [1.29, 1.82) is 0 Å². The lowest BCUT2D eigenvalue weighted by Crippen LogP contribution is -2.17. The first-order valence-corrected chi connectivity index (χ1v) is 4.90. The minimum atomic E-state index is 0.897. The SMILES string of the molecule is CCC(C)C(CC)CCNC. The monoisotopic (exact) mass is 157 g/mol. The summed E-state index contributed by atoms with van der Waals surface area (Å²) in [5, 5.41) is 3.21. The summed E-state index contributed by atoms with van der Waals surface area (Å²) in [4.78, 5) is 0. The van der Waals surface area contributed by atoms with Crippen molar-refractivity contribution in [2.75, 3.05) is 13.6 Å². The maximum atomic E-state index is 3.21. The predicted octanol–water partition coefficient (Wildman–Crippen LogP) is 2.67. The third-order valence-corrected chi connectivity index (χ3v) is 2.74. The summed E-state index contributed by atoms with van der Waals surface area (Å²) in [6, 6.07) is 0. The van der Waals surface area contributed by atoms with E-state index in [4.69, 9.17) is 0 Å². The van der Waals surface area contributed by atoms with Gasteiger partial charge in [0.25, 0.3) is 0 Å². The Balaban J connectivity index is 3.56. The Morgan fingerprint density at radius 3 is 2.18 bits per heavy atom. The van der Waals surface area contributed by atoms with Crippen molar-refractivity contribution in [3.05, 3.63) is 0 Å². The number of rotatable bonds is 6. The third kappa shape index (κ3) is 4.41. The van der Waals surface area contributed by atoms with Gasteiger partial charge in [-0.05, 0) is 31.8 Å². The molecule has 0 aliphatic carbocycles. The van der Waals surface area contributed by atoms with Crippen LogP contribution in [-0.2, 0) is 0 Å². The van der Waals surface area contributed by atoms with Gasteiger partial charge in [-0.25, -0.2) is 0 Å². The zero-order valence-corrected chi connectivity index (χ0v) is 8.48. The summed E-state index contributed by atoms with van der Waals surface area (Å²) < 4.78 is 0. The van der Waals surface area contributed by atoms with Crippen molar-refractivity contribution < 1.29 is 0 Å². The average Bonchev–Trinajstić information content (AvgIpc) is 2.05. The van der Waals surface area contributed by atoms with Gasteiger partial charge in [-0.3, -0.25) is 0 Å². The van der Waals surface area contributed by atoms with Crippen LogP contribution in [0.15, 0.2) is 0 Å². The van der Waals surface area contributed by atoms with Gasteiger partial charge in [0.15, 0.2) is 0 Å². The molecule has 0 fully saturated rings. The second-order valence-electron chi connectivity index (χ2n) is 3.45. The summed E-state index contributed by atoms with van der Waals surface area (Å²) in [5.41, 5.74) is 0. The second kappa shape index (κ2) is 6.66. The Kier molecular flexibility index (Phi) is 6.63. The number of hydrogen-bond donors (Lipinski definition) is 1. The first-order chi connectivity index (χ1) is 5.26. The highest BCUT2D eigenvalue weighted by Gasteiger charge is 2.12. The molecule has 0 spiro atoms. The highest BCUT2D eigenvalue weighted by atomic mass is 14.8. The lowest BCUT2D eigenvalue weighted by molar-refractivity contribution is 0.316. The highest BCUT2D eigenvalue weighted by Crippen LogP contribution is 2.21. The quantitative estimate of drug-likeness (QED) is 0.625. The van der Waals surface area contributed by atoms with Crippen LogP contribution in [-0.4, -0.2) is 13.6 Å². The maximum Gasteiger partial charge on any atom is -0.00492 e. The summed E-state index contributed by atoms with van der Waals surface area (Å²) >= 11 is 0. The molecule has 0 aliphatic heterocycles. The Labute approximate surface area is 71.6 Å². The van der Waals surface area contributed by atoms with Crippen LogP contribution in [0.3, 0.4) is 0 Å². The van der Waals surface area contributed by atoms with E-state index in [1.807, 2.05) is 7.05 Å². The van der Waals surface area contributed by atoms with Gasteiger partial charge in [0.1, 0.15) is 0 Å². The van der Waals surface area contributed by atoms with Crippen LogP contribution in [0.4, 0.5) is 0 Å². The van der Waals surface area contributed by atoms with E-state index >= 15 is 0 Å². The zero-order valence-electron chi connectivity index (χ0n) is 8.48. The van der Waals surface area contributed by atoms with Crippen molar-refractivity contribution in [1.82, 2.24) is 5.32 Å². The van der Waals surface area contributed by atoms with Crippen LogP contribution < -0.4 is 5.32 Å². The van der Waals surface area contributed by atoms with Gasteiger partial charge in [-0.2, -0.15) is 0 Å². The van der Waals surface area contributed by atoms with E-state index in [1.165, 1.54) is 25.8 Å². The van der Waals surface area contributed by atoms with E-state index in [2.05, 4.69) is 26.1 Å². The van der Waals surface area contributed by atoms with Crippen LogP contribution in [0, 0.1) is 11.8 Å². The normalized spacial score (nSPS) is 16.4. The molecular formula is C10H23N. The topological polar surface area (TPSA) is 12.0 Å². The van der Waals surface area contributed by atoms with E-state index in [0.717, 1.165) is 11.8 Å². The maximum absolute atomic E-state index is 3.21. The first kappa shape index (κ1) is 11.0. The van der Waals surface area contributed by atoms with Gasteiger partial charge in [0.05, 0.1) is 0 Å². The lowest BCUT2D eigenvalue weighted by atomic mass is 9.87. The minimum Gasteiger partial charge on any atom is -0.320 e. The molecule has 0 bridgehead atoms. The summed E-state index contributed by atoms with van der Waals surface area (Å²) in [6.07, 6.45) is 3.99. The van der Waals surface area contributed by atoms with Gasteiger partial charge < -0.3 is 5.32 Å². The summed E-state index contributed by atoms with van der Waals surface area (Å²) in [6.45, 7) is 8.12. The molecule has 0 amide bonds. The van der Waals surface area contributed by atoms with Crippen LogP contribution in [0.1, 0.15) is 40.0 Å². The van der Waals surface area contributed by atoms with Crippen LogP contribution in [0.2, 0.25) is 0 Å². The first-order valence-electron chi connectivity index (χ1n) is 4.90. The van der Waals surface area contributed by atoms with Gasteiger partial charge in [0.2, 0.25) is 0 Å². The molecule has 11 heavy (non-hydrogen) atoms. The molecule has 0 radical (unpaired) electrons. The Bertz CT molecular complexity index is 80.9. The van der Waals surface area contributed by atoms with Crippen molar-refractivity contribution in [3.8, 4) is 0 Å². The molecular weight excluding hydrogens is 134 g/mol. The largest absolute Gasteiger partial charge is 0.320 e. The summed E-state index contributed by atoms with van der Waals surface area (Å²) in [7, 11) is 2.03. The Morgan fingerprint density at radius 2 is 1.82 bits per heavy atom. The van der Waals surface area contributed by atoms with E-state index < -0.39 is 0 Å². The standard InChI is InChI=1S/C10H23N/c1-5-9(3)10(6-2)7-8-11-4/h9-11H,5-8H2,1-4H3.